The Bertz CT molecular complexity index is 1000. The molecular weight excluding hydrogens is 414 g/mol. The fourth-order valence-electron chi connectivity index (χ4n) is 3.28. The van der Waals surface area contributed by atoms with Crippen molar-refractivity contribution in [2.45, 2.75) is 43.2 Å². The number of aromatic nitrogens is 3. The SMILES string of the molecule is N#C[C@@]1(c2ccc3c(N)ncnn23)O[C@H](COC(=O)OCCCCC(=O)O)[C@@H](O)[C@H]1O. The van der Waals surface area contributed by atoms with Crippen molar-refractivity contribution in [3.63, 3.8) is 0 Å². The molecular formula is C18H21N5O8. The van der Waals surface area contributed by atoms with Crippen molar-refractivity contribution in [2.75, 3.05) is 18.9 Å². The Morgan fingerprint density at radius 3 is 2.81 bits per heavy atom. The number of hydrogen-bond donors (Lipinski definition) is 4. The molecule has 0 unspecified atom stereocenters. The molecule has 1 aliphatic heterocycles. The average Bonchev–Trinajstić information content (AvgIpc) is 3.28. The van der Waals surface area contributed by atoms with Crippen LogP contribution in [-0.2, 0) is 24.6 Å². The summed E-state index contributed by atoms with van der Waals surface area (Å²) in [6, 6.07) is 4.88. The number of nitrogens with zero attached hydrogens (tertiary/aromatic N) is 4. The van der Waals surface area contributed by atoms with Gasteiger partial charge in [-0.3, -0.25) is 4.79 Å². The molecule has 0 radical (unpaired) electrons. The van der Waals surface area contributed by atoms with E-state index in [0.717, 1.165) is 0 Å². The number of anilines is 1. The summed E-state index contributed by atoms with van der Waals surface area (Å²) in [6.45, 7) is -0.529. The molecule has 13 nitrogen and oxygen atoms in total. The van der Waals surface area contributed by atoms with Crippen LogP contribution < -0.4 is 5.73 Å². The van der Waals surface area contributed by atoms with Gasteiger partial charge in [0.25, 0.3) is 0 Å². The molecule has 0 aliphatic carbocycles. The van der Waals surface area contributed by atoms with Crippen LogP contribution in [0.2, 0.25) is 0 Å². The van der Waals surface area contributed by atoms with E-state index in [1.807, 2.05) is 6.07 Å². The van der Waals surface area contributed by atoms with E-state index < -0.39 is 42.6 Å². The van der Waals surface area contributed by atoms with Crippen LogP contribution >= 0.6 is 0 Å². The number of rotatable bonds is 8. The second kappa shape index (κ2) is 9.13. The van der Waals surface area contributed by atoms with Gasteiger partial charge in [-0.2, -0.15) is 10.4 Å². The second-order valence-corrected chi connectivity index (χ2v) is 6.86. The highest BCUT2D eigenvalue weighted by Gasteiger charge is 2.57. The zero-order valence-electron chi connectivity index (χ0n) is 16.2. The normalized spacial score (nSPS) is 25.3. The fraction of sp³-hybridized carbons (Fsp3) is 0.500. The summed E-state index contributed by atoms with van der Waals surface area (Å²) in [4.78, 5) is 26.0. The van der Waals surface area contributed by atoms with Crippen molar-refractivity contribution in [2.24, 2.45) is 0 Å². The van der Waals surface area contributed by atoms with Crippen molar-refractivity contribution < 1.29 is 39.1 Å². The molecule has 3 heterocycles. The van der Waals surface area contributed by atoms with E-state index in [2.05, 4.69) is 10.1 Å². The Hall–Kier alpha value is -3.47. The van der Waals surface area contributed by atoms with Gasteiger partial charge < -0.3 is 35.3 Å². The van der Waals surface area contributed by atoms with E-state index in [4.69, 9.17) is 25.1 Å². The van der Waals surface area contributed by atoms with Crippen molar-refractivity contribution in [3.05, 3.63) is 24.2 Å². The van der Waals surface area contributed by atoms with Crippen molar-refractivity contribution in [1.29, 1.82) is 5.26 Å². The summed E-state index contributed by atoms with van der Waals surface area (Å²) < 4.78 is 16.6. The lowest BCUT2D eigenvalue weighted by molar-refractivity contribution is -0.137. The monoisotopic (exact) mass is 435 g/mol. The Labute approximate surface area is 175 Å². The van der Waals surface area contributed by atoms with Gasteiger partial charge in [0, 0.05) is 6.42 Å². The first-order chi connectivity index (χ1) is 14.8. The molecule has 3 rings (SSSR count). The van der Waals surface area contributed by atoms with Crippen LogP contribution in [0, 0.1) is 11.3 Å². The first-order valence-electron chi connectivity index (χ1n) is 9.35. The van der Waals surface area contributed by atoms with Crippen LogP contribution in [0.15, 0.2) is 18.5 Å². The van der Waals surface area contributed by atoms with E-state index >= 15 is 0 Å². The summed E-state index contributed by atoms with van der Waals surface area (Å²) in [6.07, 6.45) is -3.69. The zero-order chi connectivity index (χ0) is 22.6. The molecule has 4 atom stereocenters. The van der Waals surface area contributed by atoms with Gasteiger partial charge in [-0.1, -0.05) is 0 Å². The summed E-state index contributed by atoms with van der Waals surface area (Å²) in [5.41, 5.74) is 4.29. The third-order valence-corrected chi connectivity index (χ3v) is 4.86. The van der Waals surface area contributed by atoms with Crippen LogP contribution in [0.25, 0.3) is 5.52 Å². The van der Waals surface area contributed by atoms with E-state index in [-0.39, 0.29) is 24.5 Å². The fourth-order valence-corrected chi connectivity index (χ4v) is 3.28. The van der Waals surface area contributed by atoms with Gasteiger partial charge in [0.05, 0.1) is 12.3 Å². The Morgan fingerprint density at radius 2 is 2.10 bits per heavy atom. The predicted molar refractivity (Wildman–Crippen MR) is 100 cm³/mol. The number of aliphatic hydroxyl groups is 2. The van der Waals surface area contributed by atoms with Gasteiger partial charge in [0.15, 0.2) is 5.82 Å². The van der Waals surface area contributed by atoms with Gasteiger partial charge >= 0.3 is 12.1 Å². The molecule has 0 aromatic carbocycles. The van der Waals surface area contributed by atoms with E-state index in [0.29, 0.717) is 18.4 Å². The molecule has 5 N–H and O–H groups in total. The van der Waals surface area contributed by atoms with Gasteiger partial charge in [-0.15, -0.1) is 0 Å². The number of unbranched alkanes of at least 4 members (excludes halogenated alkanes) is 1. The molecule has 31 heavy (non-hydrogen) atoms. The Kier molecular flexibility index (Phi) is 6.54. The van der Waals surface area contributed by atoms with Gasteiger partial charge in [0.2, 0.25) is 5.60 Å². The molecule has 1 aliphatic rings. The molecule has 2 aromatic heterocycles. The van der Waals surface area contributed by atoms with Gasteiger partial charge in [-0.25, -0.2) is 14.3 Å². The lowest BCUT2D eigenvalue weighted by Crippen LogP contribution is -2.41. The van der Waals surface area contributed by atoms with Crippen LogP contribution in [-0.4, -0.2) is 73.6 Å². The van der Waals surface area contributed by atoms with E-state index in [9.17, 15) is 25.1 Å². The maximum absolute atomic E-state index is 11.7. The minimum atomic E-state index is -2.00. The molecule has 0 bridgehead atoms. The molecule has 166 valence electrons. The third-order valence-electron chi connectivity index (χ3n) is 4.86. The second-order valence-electron chi connectivity index (χ2n) is 6.86. The summed E-state index contributed by atoms with van der Waals surface area (Å²) >= 11 is 0. The lowest BCUT2D eigenvalue weighted by Gasteiger charge is -2.24. The maximum Gasteiger partial charge on any atom is 0.508 e. The van der Waals surface area contributed by atoms with Crippen molar-refractivity contribution in [3.8, 4) is 6.07 Å². The summed E-state index contributed by atoms with van der Waals surface area (Å²) in [7, 11) is 0. The van der Waals surface area contributed by atoms with Crippen LogP contribution in [0.5, 0.6) is 0 Å². The molecule has 2 aromatic rings. The zero-order valence-corrected chi connectivity index (χ0v) is 16.2. The number of hydrogen-bond acceptors (Lipinski definition) is 11. The van der Waals surface area contributed by atoms with Crippen molar-refractivity contribution in [1.82, 2.24) is 14.6 Å². The minimum absolute atomic E-state index is 0.0395. The standard InChI is InChI=1S/C18H21N5O8/c19-8-18(12-5-4-10-16(20)21-9-22-23(10)12)15(27)14(26)11(31-18)7-30-17(28)29-6-2-1-3-13(24)25/h4-5,9,11,14-15,26-27H,1-3,6-7H2,(H,24,25)(H2,20,21,22)/t11-,14-,15-,18+/m1/s1. The largest absolute Gasteiger partial charge is 0.508 e. The number of carbonyl (C=O) groups excluding carboxylic acids is 1. The Balaban J connectivity index is 1.64. The van der Waals surface area contributed by atoms with Gasteiger partial charge in [0.1, 0.15) is 42.8 Å². The highest BCUT2D eigenvalue weighted by Crippen LogP contribution is 2.40. The summed E-state index contributed by atoms with van der Waals surface area (Å²) in [5, 5.41) is 43.3. The minimum Gasteiger partial charge on any atom is -0.481 e. The number of aliphatic hydroxyl groups excluding tert-OH is 2. The third kappa shape index (κ3) is 4.36. The maximum atomic E-state index is 11.7. The Morgan fingerprint density at radius 1 is 1.32 bits per heavy atom. The lowest BCUT2D eigenvalue weighted by atomic mass is 9.92. The quantitative estimate of drug-likeness (QED) is 0.308. The highest BCUT2D eigenvalue weighted by atomic mass is 16.7. The first-order valence-corrected chi connectivity index (χ1v) is 9.35. The number of ether oxygens (including phenoxy) is 3. The molecule has 0 spiro atoms. The summed E-state index contributed by atoms with van der Waals surface area (Å²) in [5.74, 6) is -0.798. The topological polar surface area (TPSA) is 203 Å². The van der Waals surface area contributed by atoms with Gasteiger partial charge in [-0.05, 0) is 25.0 Å². The molecule has 0 saturated carbocycles. The first kappa shape index (κ1) is 22.2. The van der Waals surface area contributed by atoms with E-state index in [1.165, 1.54) is 23.0 Å². The molecule has 1 saturated heterocycles. The molecule has 1 fully saturated rings. The highest BCUT2D eigenvalue weighted by molar-refractivity contribution is 5.66. The van der Waals surface area contributed by atoms with Crippen molar-refractivity contribution >= 4 is 23.5 Å². The average molecular weight is 435 g/mol. The number of nitrogen functional groups attached to an aromatic ring is 1. The number of carbonyl (C=O) groups is 2. The number of nitrogens with two attached hydrogens (primary N) is 1. The molecule has 0 amide bonds. The number of nitriles is 1. The van der Waals surface area contributed by atoms with Crippen LogP contribution in [0.4, 0.5) is 10.6 Å². The molecule has 13 heteroatoms. The number of fused-ring (bicyclic) bond motifs is 1. The van der Waals surface area contributed by atoms with Crippen LogP contribution in [0.3, 0.4) is 0 Å². The number of carboxylic acid groups (broad SMARTS) is 1. The smallest absolute Gasteiger partial charge is 0.481 e. The van der Waals surface area contributed by atoms with Crippen LogP contribution in [0.1, 0.15) is 25.0 Å². The van der Waals surface area contributed by atoms with E-state index in [1.54, 1.807) is 0 Å². The number of aliphatic carboxylic acids is 1. The predicted octanol–water partition coefficient (Wildman–Crippen LogP) is -0.441. The number of carboxylic acids is 1.